The minimum Gasteiger partial charge on any atom is -0.342 e. The molecular formula is C29H44N3P. The normalized spacial score (nSPS) is 18.2. The molecule has 0 bridgehead atoms. The van der Waals surface area contributed by atoms with Gasteiger partial charge in [-0.15, -0.1) is 0 Å². The van der Waals surface area contributed by atoms with E-state index >= 15 is 0 Å². The average Bonchev–Trinajstić information content (AvgIpc) is 3.20. The van der Waals surface area contributed by atoms with E-state index in [1.165, 1.54) is 22.5 Å². The zero-order chi connectivity index (χ0) is 24.6. The lowest BCUT2D eigenvalue weighted by Crippen LogP contribution is -2.32. The maximum absolute atomic E-state index is 3.72. The lowest BCUT2D eigenvalue weighted by Gasteiger charge is -2.40. The van der Waals surface area contributed by atoms with E-state index in [0.717, 1.165) is 12.5 Å². The minimum absolute atomic E-state index is 0.260. The van der Waals surface area contributed by atoms with Crippen LogP contribution in [0.2, 0.25) is 0 Å². The third kappa shape index (κ3) is 5.93. The summed E-state index contributed by atoms with van der Waals surface area (Å²) in [6.45, 7) is 24.2. The molecule has 1 aromatic carbocycles. The Morgan fingerprint density at radius 3 is 1.94 bits per heavy atom. The number of dihydropyridines is 1. The number of nitrogens with zero attached hydrogens (tertiary/aromatic N) is 2. The van der Waals surface area contributed by atoms with Gasteiger partial charge in [0.15, 0.2) is 0 Å². The predicted molar refractivity (Wildman–Crippen MR) is 148 cm³/mol. The Balaban J connectivity index is 1.83. The molecule has 2 heterocycles. The second-order valence-electron chi connectivity index (χ2n) is 11.8. The van der Waals surface area contributed by atoms with Gasteiger partial charge < -0.3 is 15.1 Å². The molecule has 0 saturated heterocycles. The number of anilines is 1. The number of rotatable bonds is 5. The molecule has 33 heavy (non-hydrogen) atoms. The predicted octanol–water partition coefficient (Wildman–Crippen LogP) is 8.41. The SMILES string of the molecule is CC(C)c1cccc(C(C)C)c1N1C=CN(C2=CC=C/C(=C\P(C(C)(C)C)C(C)(C)C)N2)C1. The van der Waals surface area contributed by atoms with Gasteiger partial charge in [-0.1, -0.05) is 101 Å². The highest BCUT2D eigenvalue weighted by atomic mass is 31.1. The van der Waals surface area contributed by atoms with Gasteiger partial charge in [-0.3, -0.25) is 0 Å². The molecule has 0 saturated carbocycles. The van der Waals surface area contributed by atoms with Gasteiger partial charge in [0.2, 0.25) is 0 Å². The first-order chi connectivity index (χ1) is 15.3. The van der Waals surface area contributed by atoms with E-state index in [4.69, 9.17) is 0 Å². The Morgan fingerprint density at radius 1 is 0.879 bits per heavy atom. The van der Waals surface area contributed by atoms with Crippen LogP contribution < -0.4 is 10.2 Å². The molecular weight excluding hydrogens is 421 g/mol. The Kier molecular flexibility index (Phi) is 7.54. The molecule has 0 amide bonds. The van der Waals surface area contributed by atoms with Crippen LogP contribution in [0.1, 0.15) is 92.2 Å². The van der Waals surface area contributed by atoms with E-state index in [2.05, 4.69) is 139 Å². The molecule has 3 nitrogen and oxygen atoms in total. The van der Waals surface area contributed by atoms with Gasteiger partial charge in [-0.05, 0) is 51.2 Å². The first kappa shape index (κ1) is 25.6. The maximum Gasteiger partial charge on any atom is 0.111 e. The fourth-order valence-electron chi connectivity index (χ4n) is 4.81. The number of benzene rings is 1. The van der Waals surface area contributed by atoms with Gasteiger partial charge in [0, 0.05) is 23.8 Å². The van der Waals surface area contributed by atoms with E-state index in [-0.39, 0.29) is 18.2 Å². The molecule has 3 rings (SSSR count). The van der Waals surface area contributed by atoms with Crippen LogP contribution in [0.3, 0.4) is 0 Å². The number of nitrogens with one attached hydrogen (secondary N) is 1. The summed E-state index contributed by atoms with van der Waals surface area (Å²) in [5.74, 6) is 4.59. The van der Waals surface area contributed by atoms with E-state index in [1.54, 1.807) is 0 Å². The Morgan fingerprint density at radius 2 is 1.42 bits per heavy atom. The minimum atomic E-state index is -0.315. The monoisotopic (exact) mass is 465 g/mol. The van der Waals surface area contributed by atoms with Crippen LogP contribution in [-0.2, 0) is 0 Å². The van der Waals surface area contributed by atoms with Crippen molar-refractivity contribution in [3.63, 3.8) is 0 Å². The van der Waals surface area contributed by atoms with Crippen LogP contribution in [0.15, 0.2) is 66.2 Å². The lowest BCUT2D eigenvalue weighted by molar-refractivity contribution is 0.470. The van der Waals surface area contributed by atoms with Gasteiger partial charge >= 0.3 is 0 Å². The van der Waals surface area contributed by atoms with Gasteiger partial charge in [0.05, 0.1) is 0 Å². The summed E-state index contributed by atoms with van der Waals surface area (Å²) in [5, 5.41) is 4.24. The molecule has 4 heteroatoms. The van der Waals surface area contributed by atoms with Crippen molar-refractivity contribution >= 4 is 13.6 Å². The molecule has 1 aromatic rings. The molecule has 0 unspecified atom stereocenters. The fraction of sp³-hybridized carbons (Fsp3) is 0.517. The molecule has 0 aromatic heterocycles. The molecule has 0 spiro atoms. The summed E-state index contributed by atoms with van der Waals surface area (Å²) in [7, 11) is -0.315. The number of para-hydroxylation sites is 1. The quantitative estimate of drug-likeness (QED) is 0.440. The topological polar surface area (TPSA) is 18.5 Å². The zero-order valence-electron chi connectivity index (χ0n) is 22.4. The average molecular weight is 466 g/mol. The van der Waals surface area contributed by atoms with Crippen molar-refractivity contribution < 1.29 is 0 Å². The van der Waals surface area contributed by atoms with Crippen LogP contribution in [0, 0.1) is 0 Å². The van der Waals surface area contributed by atoms with Crippen LogP contribution in [0.25, 0.3) is 0 Å². The standard InChI is InChI=1S/C29H44N3P/c1-21(2)24-14-12-15-25(22(3)4)27(24)32-18-17-31(20-32)26-16-11-13-23(30-26)19-33(28(5,6)7)29(8,9)10/h11-19,21-22,30H,20H2,1-10H3/b23-19+. The fourth-order valence-corrected chi connectivity index (χ4v) is 8.03. The van der Waals surface area contributed by atoms with Crippen molar-refractivity contribution in [3.05, 3.63) is 77.3 Å². The summed E-state index contributed by atoms with van der Waals surface area (Å²) in [6.07, 6.45) is 11.0. The van der Waals surface area contributed by atoms with Gasteiger partial charge in [-0.2, -0.15) is 0 Å². The smallest absolute Gasteiger partial charge is 0.111 e. The van der Waals surface area contributed by atoms with E-state index in [0.29, 0.717) is 11.8 Å². The number of hydrogen-bond donors (Lipinski definition) is 1. The number of hydrogen-bond acceptors (Lipinski definition) is 3. The van der Waals surface area contributed by atoms with Gasteiger partial charge in [-0.25, -0.2) is 0 Å². The molecule has 180 valence electrons. The highest BCUT2D eigenvalue weighted by Gasteiger charge is 2.33. The van der Waals surface area contributed by atoms with Crippen molar-refractivity contribution in [3.8, 4) is 0 Å². The molecule has 0 fully saturated rings. The molecule has 0 radical (unpaired) electrons. The van der Waals surface area contributed by atoms with Crippen molar-refractivity contribution in [1.82, 2.24) is 10.2 Å². The van der Waals surface area contributed by atoms with Crippen molar-refractivity contribution in [1.29, 1.82) is 0 Å². The summed E-state index contributed by atoms with van der Waals surface area (Å²) in [5.41, 5.74) is 5.41. The largest absolute Gasteiger partial charge is 0.342 e. The Hall–Kier alpha value is -1.99. The Labute approximate surface area is 204 Å². The highest BCUT2D eigenvalue weighted by Crippen LogP contribution is 2.60. The third-order valence-electron chi connectivity index (χ3n) is 6.19. The van der Waals surface area contributed by atoms with Crippen LogP contribution in [0.5, 0.6) is 0 Å². The summed E-state index contributed by atoms with van der Waals surface area (Å²) in [6, 6.07) is 6.78. The van der Waals surface area contributed by atoms with Gasteiger partial charge in [0.1, 0.15) is 12.5 Å². The van der Waals surface area contributed by atoms with Crippen LogP contribution in [-0.4, -0.2) is 21.9 Å². The van der Waals surface area contributed by atoms with Crippen LogP contribution in [0.4, 0.5) is 5.69 Å². The van der Waals surface area contributed by atoms with Gasteiger partial charge in [0.25, 0.3) is 0 Å². The van der Waals surface area contributed by atoms with E-state index in [9.17, 15) is 0 Å². The first-order valence-corrected chi connectivity index (χ1v) is 13.7. The molecule has 2 aliphatic heterocycles. The highest BCUT2D eigenvalue weighted by molar-refractivity contribution is 7.64. The van der Waals surface area contributed by atoms with Crippen molar-refractivity contribution in [2.45, 2.75) is 91.4 Å². The third-order valence-corrected chi connectivity index (χ3v) is 9.61. The first-order valence-electron chi connectivity index (χ1n) is 12.3. The second kappa shape index (κ2) is 9.71. The van der Waals surface area contributed by atoms with Crippen LogP contribution >= 0.6 is 7.92 Å². The molecule has 0 atom stereocenters. The Bertz CT molecular complexity index is 927. The summed E-state index contributed by atoms with van der Waals surface area (Å²) in [4.78, 5) is 4.72. The zero-order valence-corrected chi connectivity index (χ0v) is 23.3. The van der Waals surface area contributed by atoms with E-state index in [1.807, 2.05) is 0 Å². The number of allylic oxidation sites excluding steroid dienone is 3. The lowest BCUT2D eigenvalue weighted by atomic mass is 9.92. The second-order valence-corrected chi connectivity index (χ2v) is 15.5. The van der Waals surface area contributed by atoms with E-state index < -0.39 is 0 Å². The molecule has 0 aliphatic carbocycles. The molecule has 1 N–H and O–H groups in total. The summed E-state index contributed by atoms with van der Waals surface area (Å²) < 4.78 is 0. The molecule has 2 aliphatic rings. The summed E-state index contributed by atoms with van der Waals surface area (Å²) >= 11 is 0. The van der Waals surface area contributed by atoms with Crippen molar-refractivity contribution in [2.75, 3.05) is 11.6 Å². The van der Waals surface area contributed by atoms with Crippen molar-refractivity contribution in [2.24, 2.45) is 0 Å². The maximum atomic E-state index is 3.72.